The van der Waals surface area contributed by atoms with E-state index in [0.717, 1.165) is 51.5 Å². The average Bonchev–Trinajstić information content (AvgIpc) is 2.62. The first-order valence-corrected chi connectivity index (χ1v) is 9.58. The average molecular weight is 460 g/mol. The fourth-order valence-corrected chi connectivity index (χ4v) is 2.67. The van der Waals surface area contributed by atoms with E-state index in [2.05, 4.69) is 71.6 Å². The number of aryl methyl sites for hydroxylation is 1. The molecule has 1 aromatic carbocycles. The molecule has 0 fully saturated rings. The van der Waals surface area contributed by atoms with Crippen molar-refractivity contribution >= 4 is 29.9 Å². The minimum Gasteiger partial charge on any atom is -0.357 e. The SMILES string of the molecule is CCNC(=NCCCc1ccccc1)NCCCCN(CC)CC.I. The smallest absolute Gasteiger partial charge is 0.191 e. The van der Waals surface area contributed by atoms with E-state index in [0.29, 0.717) is 0 Å². The molecule has 0 atom stereocenters. The Labute approximate surface area is 171 Å². The van der Waals surface area contributed by atoms with Crippen molar-refractivity contribution in [2.75, 3.05) is 39.3 Å². The lowest BCUT2D eigenvalue weighted by atomic mass is 10.1. The predicted octanol–water partition coefficient (Wildman–Crippen LogP) is 3.91. The molecule has 5 heteroatoms. The molecule has 0 aliphatic rings. The van der Waals surface area contributed by atoms with Gasteiger partial charge >= 0.3 is 0 Å². The highest BCUT2D eigenvalue weighted by Crippen LogP contribution is 2.02. The van der Waals surface area contributed by atoms with E-state index in [1.54, 1.807) is 0 Å². The number of hydrogen-bond donors (Lipinski definition) is 2. The molecule has 0 amide bonds. The van der Waals surface area contributed by atoms with E-state index >= 15 is 0 Å². The summed E-state index contributed by atoms with van der Waals surface area (Å²) < 4.78 is 0. The van der Waals surface area contributed by atoms with Crippen molar-refractivity contribution in [3.05, 3.63) is 35.9 Å². The summed E-state index contributed by atoms with van der Waals surface area (Å²) >= 11 is 0. The highest BCUT2D eigenvalue weighted by atomic mass is 127. The summed E-state index contributed by atoms with van der Waals surface area (Å²) in [5.74, 6) is 0.952. The summed E-state index contributed by atoms with van der Waals surface area (Å²) in [6.07, 6.45) is 4.60. The van der Waals surface area contributed by atoms with Gasteiger partial charge < -0.3 is 15.5 Å². The molecule has 1 rings (SSSR count). The second-order valence-electron chi connectivity index (χ2n) is 6.01. The largest absolute Gasteiger partial charge is 0.357 e. The lowest BCUT2D eigenvalue weighted by molar-refractivity contribution is 0.297. The second kappa shape index (κ2) is 16.6. The number of aliphatic imine (C=N–C) groups is 1. The Kier molecular flexibility index (Phi) is 16.1. The molecule has 0 aliphatic heterocycles. The molecule has 25 heavy (non-hydrogen) atoms. The highest BCUT2D eigenvalue weighted by molar-refractivity contribution is 14.0. The van der Waals surface area contributed by atoms with Crippen LogP contribution in [0, 0.1) is 0 Å². The van der Waals surface area contributed by atoms with Crippen molar-refractivity contribution in [2.24, 2.45) is 4.99 Å². The number of benzene rings is 1. The Balaban J connectivity index is 0.00000576. The minimum absolute atomic E-state index is 0. The van der Waals surface area contributed by atoms with Crippen LogP contribution < -0.4 is 10.6 Å². The van der Waals surface area contributed by atoms with Crippen LogP contribution in [0.25, 0.3) is 0 Å². The molecule has 0 heterocycles. The van der Waals surface area contributed by atoms with Gasteiger partial charge in [0.2, 0.25) is 0 Å². The van der Waals surface area contributed by atoms with Gasteiger partial charge in [0.15, 0.2) is 5.96 Å². The van der Waals surface area contributed by atoms with Gasteiger partial charge in [-0.2, -0.15) is 0 Å². The zero-order chi connectivity index (χ0) is 17.5. The number of halogens is 1. The zero-order valence-corrected chi connectivity index (χ0v) is 18.6. The maximum absolute atomic E-state index is 4.68. The van der Waals surface area contributed by atoms with E-state index in [-0.39, 0.29) is 24.0 Å². The molecule has 0 spiro atoms. The van der Waals surface area contributed by atoms with E-state index in [9.17, 15) is 0 Å². The number of nitrogens with one attached hydrogen (secondary N) is 2. The number of nitrogens with zero attached hydrogens (tertiary/aromatic N) is 2. The number of hydrogen-bond acceptors (Lipinski definition) is 2. The van der Waals surface area contributed by atoms with Crippen LogP contribution in [-0.4, -0.2) is 50.1 Å². The van der Waals surface area contributed by atoms with Gasteiger partial charge in [0.25, 0.3) is 0 Å². The van der Waals surface area contributed by atoms with Gasteiger partial charge in [-0.05, 0) is 57.8 Å². The molecule has 144 valence electrons. The standard InChI is InChI=1S/C20H36N4.HI/c1-4-21-20(22-16-10-11-18-24(5-2)6-3)23-17-12-15-19-13-8-7-9-14-19;/h7-9,13-14H,4-6,10-12,15-18H2,1-3H3,(H2,21,22,23);1H. The van der Waals surface area contributed by atoms with Gasteiger partial charge in [0.05, 0.1) is 0 Å². The van der Waals surface area contributed by atoms with Crippen LogP contribution >= 0.6 is 24.0 Å². The van der Waals surface area contributed by atoms with Gasteiger partial charge in [-0.15, -0.1) is 24.0 Å². The Morgan fingerprint density at radius 2 is 1.68 bits per heavy atom. The summed E-state index contributed by atoms with van der Waals surface area (Å²) in [6, 6.07) is 10.6. The maximum atomic E-state index is 4.68. The van der Waals surface area contributed by atoms with Gasteiger partial charge in [-0.25, -0.2) is 0 Å². The summed E-state index contributed by atoms with van der Waals surface area (Å²) in [6.45, 7) is 12.8. The predicted molar refractivity (Wildman–Crippen MR) is 121 cm³/mol. The lowest BCUT2D eigenvalue weighted by Gasteiger charge is -2.18. The van der Waals surface area contributed by atoms with Crippen molar-refractivity contribution in [1.82, 2.24) is 15.5 Å². The third-order valence-electron chi connectivity index (χ3n) is 4.17. The molecule has 0 radical (unpaired) electrons. The van der Waals surface area contributed by atoms with Crippen LogP contribution in [-0.2, 0) is 6.42 Å². The quantitative estimate of drug-likeness (QED) is 0.215. The van der Waals surface area contributed by atoms with Crippen molar-refractivity contribution in [1.29, 1.82) is 0 Å². The second-order valence-corrected chi connectivity index (χ2v) is 6.01. The molecule has 2 N–H and O–H groups in total. The highest BCUT2D eigenvalue weighted by Gasteiger charge is 2.00. The van der Waals surface area contributed by atoms with Gasteiger partial charge in [0, 0.05) is 19.6 Å². The monoisotopic (exact) mass is 460 g/mol. The molecule has 1 aromatic rings. The number of unbranched alkanes of at least 4 members (excludes halogenated alkanes) is 1. The molecule has 4 nitrogen and oxygen atoms in total. The number of guanidine groups is 1. The van der Waals surface area contributed by atoms with Gasteiger partial charge in [-0.1, -0.05) is 44.2 Å². The van der Waals surface area contributed by atoms with E-state index in [1.165, 1.54) is 24.9 Å². The first-order chi connectivity index (χ1) is 11.8. The van der Waals surface area contributed by atoms with Crippen LogP contribution in [0.4, 0.5) is 0 Å². The molecule has 0 aliphatic carbocycles. The van der Waals surface area contributed by atoms with E-state index < -0.39 is 0 Å². The van der Waals surface area contributed by atoms with Crippen LogP contribution in [0.5, 0.6) is 0 Å². The minimum atomic E-state index is 0. The fraction of sp³-hybridized carbons (Fsp3) is 0.650. The Morgan fingerprint density at radius 3 is 2.32 bits per heavy atom. The third-order valence-corrected chi connectivity index (χ3v) is 4.17. The lowest BCUT2D eigenvalue weighted by Crippen LogP contribution is -2.38. The first kappa shape index (κ1) is 24.2. The maximum Gasteiger partial charge on any atom is 0.191 e. The van der Waals surface area contributed by atoms with Crippen LogP contribution in [0.15, 0.2) is 35.3 Å². The van der Waals surface area contributed by atoms with Crippen molar-refractivity contribution < 1.29 is 0 Å². The third kappa shape index (κ3) is 12.2. The summed E-state index contributed by atoms with van der Waals surface area (Å²) in [4.78, 5) is 7.15. The van der Waals surface area contributed by atoms with Gasteiger partial charge in [0.1, 0.15) is 0 Å². The van der Waals surface area contributed by atoms with Crippen molar-refractivity contribution in [3.63, 3.8) is 0 Å². The summed E-state index contributed by atoms with van der Waals surface area (Å²) in [7, 11) is 0. The molecule has 0 saturated heterocycles. The zero-order valence-electron chi connectivity index (χ0n) is 16.3. The molecule has 0 unspecified atom stereocenters. The van der Waals surface area contributed by atoms with E-state index in [4.69, 9.17) is 0 Å². The van der Waals surface area contributed by atoms with Crippen molar-refractivity contribution in [2.45, 2.75) is 46.5 Å². The summed E-state index contributed by atoms with van der Waals surface area (Å²) in [5.41, 5.74) is 1.39. The van der Waals surface area contributed by atoms with Crippen LogP contribution in [0.1, 0.15) is 45.6 Å². The summed E-state index contributed by atoms with van der Waals surface area (Å²) in [5, 5.41) is 6.78. The first-order valence-electron chi connectivity index (χ1n) is 9.58. The topological polar surface area (TPSA) is 39.7 Å². The molecule has 0 bridgehead atoms. The Hall–Kier alpha value is -0.820. The number of rotatable bonds is 12. The van der Waals surface area contributed by atoms with Crippen molar-refractivity contribution in [3.8, 4) is 0 Å². The van der Waals surface area contributed by atoms with Crippen LogP contribution in [0.2, 0.25) is 0 Å². The molecule has 0 aromatic heterocycles. The van der Waals surface area contributed by atoms with E-state index in [1.807, 2.05) is 0 Å². The normalized spacial score (nSPS) is 11.3. The Bertz CT molecular complexity index is 433. The molecular weight excluding hydrogens is 423 g/mol. The Morgan fingerprint density at radius 1 is 0.960 bits per heavy atom. The molecule has 0 saturated carbocycles. The van der Waals surface area contributed by atoms with Gasteiger partial charge in [-0.3, -0.25) is 4.99 Å². The van der Waals surface area contributed by atoms with Crippen LogP contribution in [0.3, 0.4) is 0 Å². The molecular formula is C20H37IN4. The fourth-order valence-electron chi connectivity index (χ4n) is 2.67.